The Hall–Kier alpha value is 3.16. The van der Waals surface area contributed by atoms with E-state index in [0.29, 0.717) is 0 Å². The number of thiol groups is 2. The Morgan fingerprint density at radius 3 is 0.778 bits per heavy atom. The number of nitrogens with one attached hydrogen (secondary N) is 1. The Kier molecular flexibility index (Phi) is 265. The number of hydrogen-bond acceptors (Lipinski definition) is 7. The van der Waals surface area contributed by atoms with Crippen molar-refractivity contribution < 1.29 is 32.7 Å². The minimum atomic E-state index is 0. The second kappa shape index (κ2) is 111. The molecule has 0 atom stereocenters. The molecule has 0 fully saturated rings. The van der Waals surface area contributed by atoms with Crippen molar-refractivity contribution in [2.24, 2.45) is 0 Å². The molecular formula is C10H31NS6Y-2. The molecular weight excluding hydrogens is 415 g/mol. The van der Waals surface area contributed by atoms with E-state index in [2.05, 4.69) is 69.6 Å². The van der Waals surface area contributed by atoms with Crippen LogP contribution in [0.4, 0.5) is 0 Å². The van der Waals surface area contributed by atoms with E-state index in [1.165, 1.54) is 0 Å². The van der Waals surface area contributed by atoms with Crippen molar-refractivity contribution in [1.29, 1.82) is 0 Å². The molecule has 1 N–H and O–H groups in total. The van der Waals surface area contributed by atoms with Gasteiger partial charge in [0.1, 0.15) is 0 Å². The smallest absolute Gasteiger partial charge is 0 e. The maximum atomic E-state index is 3.53. The molecule has 0 aliphatic carbocycles. The van der Waals surface area contributed by atoms with E-state index in [1.54, 1.807) is 69.7 Å². The van der Waals surface area contributed by atoms with Gasteiger partial charge in [0.15, 0.2) is 0 Å². The molecule has 8 heteroatoms. The van der Waals surface area contributed by atoms with Crippen molar-refractivity contribution in [2.45, 2.75) is 6.92 Å². The maximum Gasteiger partial charge on any atom is 0 e. The molecule has 0 aromatic carbocycles. The maximum absolute atomic E-state index is 3.53. The van der Waals surface area contributed by atoms with Crippen LogP contribution in [0.25, 0.3) is 0 Å². The van der Waals surface area contributed by atoms with Crippen LogP contribution < -0.4 is 5.32 Å². The van der Waals surface area contributed by atoms with Crippen LogP contribution in [-0.4, -0.2) is 44.6 Å². The summed E-state index contributed by atoms with van der Waals surface area (Å²) in [4.78, 5) is 0. The molecule has 0 spiro atoms. The molecule has 0 aromatic rings. The summed E-state index contributed by atoms with van der Waals surface area (Å²) in [6, 6.07) is 0. The molecule has 0 bridgehead atoms. The Morgan fingerprint density at radius 1 is 0.722 bits per heavy atom. The predicted molar refractivity (Wildman–Crippen MR) is 109 cm³/mol. The molecule has 1 radical (unpaired) electrons. The van der Waals surface area contributed by atoms with E-state index in [0.717, 1.165) is 0 Å². The first-order valence-corrected chi connectivity index (χ1v) is 12.1. The van der Waals surface area contributed by atoms with Gasteiger partial charge in [-0.3, -0.25) is 7.05 Å². The van der Waals surface area contributed by atoms with Crippen molar-refractivity contribution in [3.8, 4) is 0 Å². The van der Waals surface area contributed by atoms with Crippen molar-refractivity contribution in [3.63, 3.8) is 0 Å². The van der Waals surface area contributed by atoms with Gasteiger partial charge in [0.2, 0.25) is 0 Å². The quantitative estimate of drug-likeness (QED) is 0.306. The van der Waals surface area contributed by atoms with Crippen LogP contribution >= 0.6 is 68.4 Å². The van der Waals surface area contributed by atoms with Crippen molar-refractivity contribution in [2.75, 3.05) is 44.6 Å². The fourth-order valence-corrected chi connectivity index (χ4v) is 0. The van der Waals surface area contributed by atoms with E-state index in [1.807, 2.05) is 0 Å². The predicted octanol–water partition coefficient (Wildman–Crippen LogP) is 5.18. The van der Waals surface area contributed by atoms with Crippen molar-refractivity contribution >= 4 is 68.4 Å². The minimum Gasteiger partial charge on any atom is -0.475 e. The summed E-state index contributed by atoms with van der Waals surface area (Å²) >= 11 is 7.06. The Bertz CT molecular complexity index is 41.5. The summed E-state index contributed by atoms with van der Waals surface area (Å²) in [6.45, 7) is 5.00. The Morgan fingerprint density at radius 2 is 0.778 bits per heavy atom. The second-order valence-corrected chi connectivity index (χ2v) is 6.35. The van der Waals surface area contributed by atoms with Gasteiger partial charge in [-0.25, -0.2) is 0 Å². The van der Waals surface area contributed by atoms with Gasteiger partial charge in [0, 0.05) is 32.7 Å². The summed E-state index contributed by atoms with van der Waals surface area (Å²) in [5.74, 6) is 0. The van der Waals surface area contributed by atoms with Gasteiger partial charge >= 0.3 is 0 Å². The average Bonchev–Trinajstić information content (AvgIpc) is 2.46. The largest absolute Gasteiger partial charge is 0.475 e. The molecule has 117 valence electrons. The SMILES string of the molecule is CS.CS.CSSC.CSSC.[CH2-]C.[CH2-]NC.[Y]. The minimum absolute atomic E-state index is 0. The zero-order valence-corrected chi connectivity index (χ0v) is 20.9. The Balaban J connectivity index is -0.0000000165. The molecule has 0 unspecified atom stereocenters. The van der Waals surface area contributed by atoms with Crippen LogP contribution in [0.3, 0.4) is 0 Å². The third-order valence-corrected chi connectivity index (χ3v) is 3.00. The summed E-state index contributed by atoms with van der Waals surface area (Å²) in [7, 11) is 12.1. The van der Waals surface area contributed by atoms with Gasteiger partial charge in [-0.2, -0.15) is 32.2 Å². The third-order valence-electron chi connectivity index (χ3n) is 0.333. The second-order valence-electron chi connectivity index (χ2n) is 1.02. The first-order chi connectivity index (χ1) is 8.24. The van der Waals surface area contributed by atoms with Gasteiger partial charge in [-0.05, 0) is 44.6 Å². The molecule has 0 aromatic heterocycles. The van der Waals surface area contributed by atoms with E-state index in [4.69, 9.17) is 0 Å². The van der Waals surface area contributed by atoms with Gasteiger partial charge in [0.05, 0.1) is 0 Å². The topological polar surface area (TPSA) is 12.0 Å². The van der Waals surface area contributed by atoms with Crippen LogP contribution in [-0.2, 0) is 32.7 Å². The number of rotatable bonds is 2. The van der Waals surface area contributed by atoms with Crippen LogP contribution in [0.1, 0.15) is 6.92 Å². The van der Waals surface area contributed by atoms with Crippen LogP contribution in [0.2, 0.25) is 0 Å². The standard InChI is InChI=1S/C2H6N.2C2H6S2.C2H5.2CH4S.Y/c1-3-2;2*1-3-4-2;3*1-2;/h3H,1H2,2H3;2*1-2H3;1H2,2H3;2*2H,1H3;/q-1;;;-1;;;. The van der Waals surface area contributed by atoms with Crippen LogP contribution in [0.15, 0.2) is 0 Å². The first-order valence-electron chi connectivity index (χ1n) is 4.42. The molecule has 0 aliphatic heterocycles. The molecule has 0 aliphatic rings. The van der Waals surface area contributed by atoms with Crippen molar-refractivity contribution in [3.05, 3.63) is 14.0 Å². The summed E-state index contributed by atoms with van der Waals surface area (Å²) in [6.07, 6.45) is 11.6. The summed E-state index contributed by atoms with van der Waals surface area (Å²) < 4.78 is 0. The molecule has 0 amide bonds. The van der Waals surface area contributed by atoms with Gasteiger partial charge in [-0.1, -0.05) is 43.2 Å². The third kappa shape index (κ3) is 237. The van der Waals surface area contributed by atoms with Crippen LogP contribution in [0.5, 0.6) is 0 Å². The fraction of sp³-hybridized carbons (Fsp3) is 0.800. The first kappa shape index (κ1) is 42.9. The Labute approximate surface area is 170 Å². The molecule has 0 saturated heterocycles. The molecule has 0 heterocycles. The molecule has 18 heavy (non-hydrogen) atoms. The molecule has 0 saturated carbocycles. The van der Waals surface area contributed by atoms with Gasteiger partial charge in [0.25, 0.3) is 0 Å². The van der Waals surface area contributed by atoms with E-state index >= 15 is 0 Å². The van der Waals surface area contributed by atoms with E-state index in [-0.39, 0.29) is 32.7 Å². The zero-order chi connectivity index (χ0) is 15.5. The average molecular weight is 447 g/mol. The van der Waals surface area contributed by atoms with Crippen molar-refractivity contribution in [1.82, 2.24) is 5.32 Å². The molecule has 1 nitrogen and oxygen atoms in total. The summed E-state index contributed by atoms with van der Waals surface area (Å²) in [5.41, 5.74) is 0. The van der Waals surface area contributed by atoms with Gasteiger partial charge in [-0.15, -0.1) is 0 Å². The van der Waals surface area contributed by atoms with Gasteiger partial charge < -0.3 is 12.2 Å². The molecule has 0 rings (SSSR count). The summed E-state index contributed by atoms with van der Waals surface area (Å²) in [5, 5.41) is 2.50. The monoisotopic (exact) mass is 446 g/mol. The fourth-order valence-electron chi connectivity index (χ4n) is 0. The van der Waals surface area contributed by atoms with Crippen LogP contribution in [0, 0.1) is 14.0 Å². The normalized spacial score (nSPS) is 5.33. The number of hydrogen-bond donors (Lipinski definition) is 3. The van der Waals surface area contributed by atoms with E-state index < -0.39 is 0 Å². The van der Waals surface area contributed by atoms with E-state index in [9.17, 15) is 0 Å². The zero-order valence-electron chi connectivity index (χ0n) is 13.0.